The summed E-state index contributed by atoms with van der Waals surface area (Å²) >= 11 is 0. The zero-order valence-corrected chi connectivity index (χ0v) is 8.50. The van der Waals surface area contributed by atoms with E-state index in [1.165, 1.54) is 0 Å². The zero-order valence-electron chi connectivity index (χ0n) is 8.50. The minimum Gasteiger partial charge on any atom is -0.343 e. The summed E-state index contributed by atoms with van der Waals surface area (Å²) in [6.45, 7) is 6.52. The van der Waals surface area contributed by atoms with E-state index in [1.807, 2.05) is 27.8 Å². The zero-order chi connectivity index (χ0) is 9.72. The molecule has 0 radical (unpaired) electrons. The van der Waals surface area contributed by atoms with Gasteiger partial charge in [-0.2, -0.15) is 0 Å². The van der Waals surface area contributed by atoms with Crippen molar-refractivity contribution in [3.05, 3.63) is 0 Å². The predicted octanol–water partition coefficient (Wildman–Crippen LogP) is 0.838. The Kier molecular flexibility index (Phi) is 4.90. The highest BCUT2D eigenvalue weighted by Crippen LogP contribution is 2.07. The molecule has 0 spiro atoms. The quantitative estimate of drug-likeness (QED) is 0.683. The van der Waals surface area contributed by atoms with Crippen LogP contribution in [-0.4, -0.2) is 30.4 Å². The number of nitrogens with zero attached hydrogens (tertiary/aromatic N) is 1. The normalized spacial score (nSPS) is 13.2. The average molecular weight is 172 g/mol. The Morgan fingerprint density at radius 2 is 1.92 bits per heavy atom. The summed E-state index contributed by atoms with van der Waals surface area (Å²) in [5.74, 6) is 0.248. The molecule has 72 valence electrons. The van der Waals surface area contributed by atoms with Gasteiger partial charge in [-0.1, -0.05) is 6.92 Å². The second-order valence-electron chi connectivity index (χ2n) is 3.52. The monoisotopic (exact) mass is 172 g/mol. The maximum Gasteiger partial charge on any atom is 0.225 e. The van der Waals surface area contributed by atoms with Crippen LogP contribution in [0.1, 0.15) is 27.2 Å². The Morgan fingerprint density at radius 3 is 2.25 bits per heavy atom. The third kappa shape index (κ3) is 3.22. The summed E-state index contributed by atoms with van der Waals surface area (Å²) in [6.07, 6.45) is 0.774. The number of rotatable bonds is 4. The molecule has 0 aromatic heterocycles. The molecule has 1 amide bonds. The van der Waals surface area contributed by atoms with Crippen molar-refractivity contribution >= 4 is 5.91 Å². The molecular weight excluding hydrogens is 152 g/mol. The van der Waals surface area contributed by atoms with Crippen molar-refractivity contribution in [3.63, 3.8) is 0 Å². The van der Waals surface area contributed by atoms with Crippen molar-refractivity contribution < 1.29 is 4.79 Å². The van der Waals surface area contributed by atoms with Gasteiger partial charge in [-0.05, 0) is 26.8 Å². The Labute approximate surface area is 74.9 Å². The van der Waals surface area contributed by atoms with Gasteiger partial charge in [-0.3, -0.25) is 4.79 Å². The molecule has 1 atom stereocenters. The van der Waals surface area contributed by atoms with Crippen LogP contribution in [0.5, 0.6) is 0 Å². The lowest BCUT2D eigenvalue weighted by molar-refractivity contribution is -0.135. The van der Waals surface area contributed by atoms with E-state index in [1.54, 1.807) is 4.90 Å². The van der Waals surface area contributed by atoms with Gasteiger partial charge < -0.3 is 10.6 Å². The van der Waals surface area contributed by atoms with Gasteiger partial charge >= 0.3 is 0 Å². The highest BCUT2D eigenvalue weighted by Gasteiger charge is 2.17. The summed E-state index contributed by atoms with van der Waals surface area (Å²) in [6, 6.07) is 0.276. The third-order valence-electron chi connectivity index (χ3n) is 2.14. The van der Waals surface area contributed by atoms with Gasteiger partial charge in [0.15, 0.2) is 0 Å². The van der Waals surface area contributed by atoms with Crippen LogP contribution in [0.25, 0.3) is 0 Å². The van der Waals surface area contributed by atoms with Gasteiger partial charge in [0.2, 0.25) is 5.91 Å². The van der Waals surface area contributed by atoms with Crippen LogP contribution in [0.3, 0.4) is 0 Å². The Hall–Kier alpha value is -0.570. The Balaban J connectivity index is 4.00. The molecule has 3 nitrogen and oxygen atoms in total. The van der Waals surface area contributed by atoms with Crippen LogP contribution in [-0.2, 0) is 4.79 Å². The molecule has 0 saturated heterocycles. The van der Waals surface area contributed by atoms with Crippen LogP contribution >= 0.6 is 0 Å². The number of hydrogen-bond donors (Lipinski definition) is 1. The molecule has 0 saturated carbocycles. The first-order valence-corrected chi connectivity index (χ1v) is 4.47. The first-order valence-electron chi connectivity index (χ1n) is 4.47. The van der Waals surface area contributed by atoms with E-state index in [0.29, 0.717) is 6.54 Å². The Bertz CT molecular complexity index is 145. The van der Waals surface area contributed by atoms with E-state index in [2.05, 4.69) is 0 Å². The summed E-state index contributed by atoms with van der Waals surface area (Å²) in [5, 5.41) is 0. The van der Waals surface area contributed by atoms with Crippen molar-refractivity contribution in [2.24, 2.45) is 11.7 Å². The topological polar surface area (TPSA) is 46.3 Å². The number of nitrogens with two attached hydrogens (primary N) is 1. The maximum absolute atomic E-state index is 11.5. The molecule has 0 aromatic carbocycles. The van der Waals surface area contributed by atoms with Crippen molar-refractivity contribution in [1.29, 1.82) is 0 Å². The van der Waals surface area contributed by atoms with E-state index in [0.717, 1.165) is 6.42 Å². The molecule has 0 aliphatic heterocycles. The lowest BCUT2D eigenvalue weighted by atomic mass is 10.1. The summed E-state index contributed by atoms with van der Waals surface area (Å²) in [5.41, 5.74) is 5.37. The van der Waals surface area contributed by atoms with Crippen LogP contribution < -0.4 is 5.73 Å². The molecule has 0 aliphatic rings. The van der Waals surface area contributed by atoms with Crippen molar-refractivity contribution in [2.75, 3.05) is 13.6 Å². The number of hydrogen-bond acceptors (Lipinski definition) is 2. The first kappa shape index (κ1) is 11.4. The number of carbonyl (C=O) groups excluding carboxylic acids is 1. The largest absolute Gasteiger partial charge is 0.343 e. The summed E-state index contributed by atoms with van der Waals surface area (Å²) < 4.78 is 0. The van der Waals surface area contributed by atoms with E-state index in [9.17, 15) is 4.79 Å². The van der Waals surface area contributed by atoms with Gasteiger partial charge in [0.25, 0.3) is 0 Å². The molecule has 0 heterocycles. The molecule has 3 heteroatoms. The molecule has 0 bridgehead atoms. The highest BCUT2D eigenvalue weighted by molar-refractivity contribution is 5.78. The van der Waals surface area contributed by atoms with Gasteiger partial charge in [-0.15, -0.1) is 0 Å². The summed E-state index contributed by atoms with van der Waals surface area (Å²) in [4.78, 5) is 13.3. The van der Waals surface area contributed by atoms with Crippen LogP contribution in [0.2, 0.25) is 0 Å². The fraction of sp³-hybridized carbons (Fsp3) is 0.889. The van der Waals surface area contributed by atoms with Gasteiger partial charge in [0.1, 0.15) is 0 Å². The minimum absolute atomic E-state index is 0.0578. The molecule has 0 fully saturated rings. The van der Waals surface area contributed by atoms with Crippen LogP contribution in [0, 0.1) is 5.92 Å². The Morgan fingerprint density at radius 1 is 1.42 bits per heavy atom. The van der Waals surface area contributed by atoms with Crippen LogP contribution in [0.4, 0.5) is 0 Å². The van der Waals surface area contributed by atoms with E-state index in [-0.39, 0.29) is 17.9 Å². The second kappa shape index (κ2) is 5.14. The number of amides is 1. The first-order chi connectivity index (χ1) is 5.50. The van der Waals surface area contributed by atoms with E-state index < -0.39 is 0 Å². The van der Waals surface area contributed by atoms with Gasteiger partial charge in [0, 0.05) is 19.0 Å². The summed E-state index contributed by atoms with van der Waals surface area (Å²) in [7, 11) is 1.83. The molecule has 0 rings (SSSR count). The fourth-order valence-electron chi connectivity index (χ4n) is 0.976. The van der Waals surface area contributed by atoms with E-state index >= 15 is 0 Å². The molecule has 12 heavy (non-hydrogen) atoms. The third-order valence-corrected chi connectivity index (χ3v) is 2.14. The maximum atomic E-state index is 11.5. The second-order valence-corrected chi connectivity index (χ2v) is 3.52. The standard InChI is InChI=1S/C9H20N2O/c1-7(2)11(4)9(12)8(3)5-6-10/h7-8H,5-6,10H2,1-4H3. The van der Waals surface area contributed by atoms with Gasteiger partial charge in [-0.25, -0.2) is 0 Å². The SMILES string of the molecule is CC(CCN)C(=O)N(C)C(C)C. The van der Waals surface area contributed by atoms with E-state index in [4.69, 9.17) is 5.73 Å². The molecular formula is C9H20N2O. The molecule has 0 aromatic rings. The van der Waals surface area contributed by atoms with Crippen molar-refractivity contribution in [2.45, 2.75) is 33.2 Å². The average Bonchev–Trinajstić information content (AvgIpc) is 2.02. The molecule has 0 aliphatic carbocycles. The molecule has 1 unspecified atom stereocenters. The highest BCUT2D eigenvalue weighted by atomic mass is 16.2. The van der Waals surface area contributed by atoms with Crippen molar-refractivity contribution in [3.8, 4) is 0 Å². The lowest BCUT2D eigenvalue weighted by Gasteiger charge is -2.24. The lowest BCUT2D eigenvalue weighted by Crippen LogP contribution is -2.37. The number of carbonyl (C=O) groups is 1. The smallest absolute Gasteiger partial charge is 0.225 e. The molecule has 2 N–H and O–H groups in total. The van der Waals surface area contributed by atoms with Crippen LogP contribution in [0.15, 0.2) is 0 Å². The predicted molar refractivity (Wildman–Crippen MR) is 50.7 cm³/mol. The fourth-order valence-corrected chi connectivity index (χ4v) is 0.976. The van der Waals surface area contributed by atoms with Crippen molar-refractivity contribution in [1.82, 2.24) is 4.90 Å². The van der Waals surface area contributed by atoms with Gasteiger partial charge in [0.05, 0.1) is 0 Å². The minimum atomic E-state index is 0.0578.